The molecule has 168 valence electrons. The van der Waals surface area contributed by atoms with Gasteiger partial charge in [-0.1, -0.05) is 30.3 Å². The molecule has 1 aromatic heterocycles. The van der Waals surface area contributed by atoms with Crippen LogP contribution in [-0.2, 0) is 16.0 Å². The van der Waals surface area contributed by atoms with E-state index in [1.165, 1.54) is 23.1 Å². The van der Waals surface area contributed by atoms with E-state index in [0.717, 1.165) is 30.3 Å². The van der Waals surface area contributed by atoms with Gasteiger partial charge < -0.3 is 15.6 Å². The van der Waals surface area contributed by atoms with E-state index in [1.54, 1.807) is 11.8 Å². The highest BCUT2D eigenvalue weighted by Gasteiger charge is 2.42. The number of carbonyl (C=O) groups is 2. The number of H-pyrrole nitrogens is 1. The van der Waals surface area contributed by atoms with E-state index in [4.69, 9.17) is 5.73 Å². The minimum atomic E-state index is -1.21. The molecule has 1 fully saturated rings. The number of carbonyl (C=O) groups excluding carboxylic acids is 2. The number of amides is 2. The molecule has 1 unspecified atom stereocenters. The molecule has 2 aromatic carbocycles. The first-order chi connectivity index (χ1) is 15.4. The number of para-hydroxylation sites is 1. The van der Waals surface area contributed by atoms with E-state index in [2.05, 4.69) is 11.1 Å². The fourth-order valence-electron chi connectivity index (χ4n) is 4.81. The van der Waals surface area contributed by atoms with Crippen molar-refractivity contribution in [1.29, 1.82) is 0 Å². The van der Waals surface area contributed by atoms with Gasteiger partial charge in [-0.15, -0.1) is 0 Å². The molecule has 2 amide bonds. The molecule has 2 heterocycles. The van der Waals surface area contributed by atoms with Crippen molar-refractivity contribution in [3.8, 4) is 0 Å². The maximum atomic E-state index is 13.3. The molecule has 1 aliphatic heterocycles. The van der Waals surface area contributed by atoms with Gasteiger partial charge in [-0.2, -0.15) is 0 Å². The van der Waals surface area contributed by atoms with Crippen molar-refractivity contribution < 1.29 is 14.0 Å². The highest BCUT2D eigenvalue weighted by Crippen LogP contribution is 2.33. The Kier molecular flexibility index (Phi) is 6.31. The third-order valence-electron chi connectivity index (χ3n) is 6.94. The first-order valence-electron chi connectivity index (χ1n) is 11.3. The normalized spacial score (nSPS) is 16.8. The molecule has 1 atom stereocenters. The average molecular weight is 436 g/mol. The molecule has 0 aliphatic carbocycles. The fraction of sp³-hybridized carbons (Fsp3) is 0.385. The molecule has 6 heteroatoms. The summed E-state index contributed by atoms with van der Waals surface area (Å²) in [5, 5.41) is 1.17. The van der Waals surface area contributed by atoms with Gasteiger partial charge in [0.05, 0.1) is 0 Å². The summed E-state index contributed by atoms with van der Waals surface area (Å²) in [4.78, 5) is 30.7. The van der Waals surface area contributed by atoms with Crippen LogP contribution in [0.3, 0.4) is 0 Å². The smallest absolute Gasteiger partial charge is 0.237 e. The lowest BCUT2D eigenvalue weighted by Crippen LogP contribution is -2.51. The molecule has 1 aliphatic rings. The molecule has 4 rings (SSSR count). The SMILES string of the molecule is CC(CCCc1c[nH]c2ccccc12)(C(N)=O)C(=O)N1CCC(c2ccc(F)cc2)CC1. The second-order valence-electron chi connectivity index (χ2n) is 9.03. The number of hydrogen-bond acceptors (Lipinski definition) is 2. The molecule has 0 spiro atoms. The Labute approximate surface area is 187 Å². The number of fused-ring (bicyclic) bond motifs is 1. The second-order valence-corrected chi connectivity index (χ2v) is 9.03. The summed E-state index contributed by atoms with van der Waals surface area (Å²) in [6.45, 7) is 2.83. The van der Waals surface area contributed by atoms with E-state index in [9.17, 15) is 14.0 Å². The van der Waals surface area contributed by atoms with Crippen LogP contribution in [-0.4, -0.2) is 34.8 Å². The third kappa shape index (κ3) is 4.40. The van der Waals surface area contributed by atoms with Gasteiger partial charge in [-0.05, 0) is 74.3 Å². The number of rotatable bonds is 7. The number of nitrogens with two attached hydrogens (primary N) is 1. The van der Waals surface area contributed by atoms with Crippen LogP contribution in [0.1, 0.15) is 49.7 Å². The number of aryl methyl sites for hydroxylation is 1. The number of aromatic nitrogens is 1. The lowest BCUT2D eigenvalue weighted by Gasteiger charge is -2.37. The highest BCUT2D eigenvalue weighted by atomic mass is 19.1. The highest BCUT2D eigenvalue weighted by molar-refractivity contribution is 6.04. The van der Waals surface area contributed by atoms with Crippen LogP contribution in [0.25, 0.3) is 10.9 Å². The maximum Gasteiger partial charge on any atom is 0.237 e. The van der Waals surface area contributed by atoms with E-state index in [-0.39, 0.29) is 11.7 Å². The van der Waals surface area contributed by atoms with Crippen molar-refractivity contribution in [1.82, 2.24) is 9.88 Å². The number of nitrogens with one attached hydrogen (secondary N) is 1. The van der Waals surface area contributed by atoms with E-state index >= 15 is 0 Å². The molecule has 5 nitrogen and oxygen atoms in total. The Morgan fingerprint density at radius 3 is 2.50 bits per heavy atom. The molecule has 3 aromatic rings. The Morgan fingerprint density at radius 2 is 1.81 bits per heavy atom. The van der Waals surface area contributed by atoms with Crippen LogP contribution in [0.2, 0.25) is 0 Å². The fourth-order valence-corrected chi connectivity index (χ4v) is 4.81. The summed E-state index contributed by atoms with van der Waals surface area (Å²) in [6, 6.07) is 14.7. The van der Waals surface area contributed by atoms with Crippen LogP contribution in [0.5, 0.6) is 0 Å². The molecule has 0 radical (unpaired) electrons. The average Bonchev–Trinajstić information content (AvgIpc) is 3.22. The summed E-state index contributed by atoms with van der Waals surface area (Å²) in [5.74, 6) is -0.698. The minimum absolute atomic E-state index is 0.179. The van der Waals surface area contributed by atoms with Gasteiger partial charge in [-0.3, -0.25) is 9.59 Å². The van der Waals surface area contributed by atoms with E-state index < -0.39 is 11.3 Å². The monoisotopic (exact) mass is 435 g/mol. The van der Waals surface area contributed by atoms with Gasteiger partial charge in [0.25, 0.3) is 0 Å². The minimum Gasteiger partial charge on any atom is -0.369 e. The van der Waals surface area contributed by atoms with Crippen LogP contribution in [0.15, 0.2) is 54.7 Å². The second kappa shape index (κ2) is 9.15. The van der Waals surface area contributed by atoms with Gasteiger partial charge in [0, 0.05) is 30.2 Å². The molecule has 0 saturated carbocycles. The first-order valence-corrected chi connectivity index (χ1v) is 11.3. The van der Waals surface area contributed by atoms with Crippen molar-refractivity contribution in [3.05, 3.63) is 71.7 Å². The van der Waals surface area contributed by atoms with Crippen molar-refractivity contribution in [2.75, 3.05) is 13.1 Å². The molecule has 32 heavy (non-hydrogen) atoms. The molecular weight excluding hydrogens is 405 g/mol. The van der Waals surface area contributed by atoms with Gasteiger partial charge in [0.1, 0.15) is 11.2 Å². The van der Waals surface area contributed by atoms with Gasteiger partial charge >= 0.3 is 0 Å². The Balaban J connectivity index is 1.37. The number of halogens is 1. The molecule has 1 saturated heterocycles. The predicted octanol–water partition coefficient (Wildman–Crippen LogP) is 4.53. The van der Waals surface area contributed by atoms with Gasteiger partial charge in [-0.25, -0.2) is 4.39 Å². The van der Waals surface area contributed by atoms with Crippen LogP contribution < -0.4 is 5.73 Å². The van der Waals surface area contributed by atoms with Crippen molar-refractivity contribution in [2.45, 2.75) is 44.9 Å². The summed E-state index contributed by atoms with van der Waals surface area (Å²) in [6.07, 6.45) is 5.46. The Morgan fingerprint density at radius 1 is 1.12 bits per heavy atom. The zero-order valence-electron chi connectivity index (χ0n) is 18.4. The summed E-state index contributed by atoms with van der Waals surface area (Å²) >= 11 is 0. The molecule has 3 N–H and O–H groups in total. The largest absolute Gasteiger partial charge is 0.369 e. The number of primary amides is 1. The predicted molar refractivity (Wildman–Crippen MR) is 123 cm³/mol. The topological polar surface area (TPSA) is 79.2 Å². The Hall–Kier alpha value is -3.15. The van der Waals surface area contributed by atoms with Gasteiger partial charge in [0.2, 0.25) is 11.8 Å². The maximum absolute atomic E-state index is 13.3. The first kappa shape index (κ1) is 22.1. The van der Waals surface area contributed by atoms with Crippen LogP contribution in [0, 0.1) is 11.2 Å². The van der Waals surface area contributed by atoms with Crippen LogP contribution >= 0.6 is 0 Å². The van der Waals surface area contributed by atoms with Crippen molar-refractivity contribution >= 4 is 22.7 Å². The third-order valence-corrected chi connectivity index (χ3v) is 6.94. The number of hydrogen-bond donors (Lipinski definition) is 2. The summed E-state index contributed by atoms with van der Waals surface area (Å²) in [5.41, 5.74) is 7.88. The summed E-state index contributed by atoms with van der Waals surface area (Å²) < 4.78 is 13.2. The number of piperidine rings is 1. The Bertz CT molecular complexity index is 1100. The van der Waals surface area contributed by atoms with Crippen LogP contribution in [0.4, 0.5) is 4.39 Å². The number of nitrogens with zero attached hydrogens (tertiary/aromatic N) is 1. The zero-order chi connectivity index (χ0) is 22.7. The molecular formula is C26H30FN3O2. The lowest BCUT2D eigenvalue weighted by molar-refractivity contribution is -0.149. The quantitative estimate of drug-likeness (QED) is 0.535. The lowest BCUT2D eigenvalue weighted by atomic mass is 9.80. The number of aromatic amines is 1. The summed E-state index contributed by atoms with van der Waals surface area (Å²) in [7, 11) is 0. The van der Waals surface area contributed by atoms with Crippen molar-refractivity contribution in [2.24, 2.45) is 11.1 Å². The van der Waals surface area contributed by atoms with E-state index in [1.807, 2.05) is 36.5 Å². The standard InChI is InChI=1S/C26H30FN3O2/c1-26(24(28)31,14-4-5-20-17-29-23-7-3-2-6-22(20)23)25(32)30-15-12-19(13-16-30)18-8-10-21(27)11-9-18/h2-3,6-11,17,19,29H,4-5,12-16H2,1H3,(H2,28,31). The zero-order valence-corrected chi connectivity index (χ0v) is 18.4. The van der Waals surface area contributed by atoms with E-state index in [0.29, 0.717) is 31.8 Å². The number of likely N-dealkylation sites (tertiary alicyclic amines) is 1. The van der Waals surface area contributed by atoms with Gasteiger partial charge in [0.15, 0.2) is 0 Å². The van der Waals surface area contributed by atoms with Crippen molar-refractivity contribution in [3.63, 3.8) is 0 Å². The number of benzene rings is 2. The molecule has 0 bridgehead atoms.